The summed E-state index contributed by atoms with van der Waals surface area (Å²) < 4.78 is 0. The average molecular weight is 221 g/mol. The maximum atomic E-state index is 3.51. The van der Waals surface area contributed by atoms with E-state index in [-0.39, 0.29) is 0 Å². The number of rotatable bonds is 1. The van der Waals surface area contributed by atoms with Crippen molar-refractivity contribution in [3.8, 4) is 11.3 Å². The highest BCUT2D eigenvalue weighted by molar-refractivity contribution is 5.90. The van der Waals surface area contributed by atoms with Crippen molar-refractivity contribution in [1.29, 1.82) is 0 Å². The lowest BCUT2D eigenvalue weighted by Gasteiger charge is -1.99. The minimum absolute atomic E-state index is 1.21. The normalized spacial score (nSPS) is 10.9. The molecule has 0 atom stereocenters. The third-order valence-corrected chi connectivity index (χ3v) is 3.28. The highest BCUT2D eigenvalue weighted by Crippen LogP contribution is 2.29. The highest BCUT2D eigenvalue weighted by atomic mass is 14.7. The van der Waals surface area contributed by atoms with Crippen LogP contribution in [0.15, 0.2) is 48.5 Å². The Hall–Kier alpha value is -2.02. The Bertz CT molecular complexity index is 663. The fourth-order valence-corrected chi connectivity index (χ4v) is 2.33. The summed E-state index contributed by atoms with van der Waals surface area (Å²) in [5.74, 6) is 0. The van der Waals surface area contributed by atoms with Crippen LogP contribution in [0.1, 0.15) is 11.1 Å². The van der Waals surface area contributed by atoms with Crippen LogP contribution >= 0.6 is 0 Å². The predicted octanol–water partition coefficient (Wildman–Crippen LogP) is 4.45. The quantitative estimate of drug-likeness (QED) is 0.624. The van der Waals surface area contributed by atoms with E-state index in [1.165, 1.54) is 33.3 Å². The summed E-state index contributed by atoms with van der Waals surface area (Å²) in [6.07, 6.45) is 0. The van der Waals surface area contributed by atoms with E-state index in [9.17, 15) is 0 Å². The minimum atomic E-state index is 1.21. The fourth-order valence-electron chi connectivity index (χ4n) is 2.33. The molecule has 0 fully saturated rings. The van der Waals surface area contributed by atoms with Crippen LogP contribution in [-0.2, 0) is 0 Å². The number of hydrogen-bond acceptors (Lipinski definition) is 0. The van der Waals surface area contributed by atoms with Crippen LogP contribution in [0.3, 0.4) is 0 Å². The van der Waals surface area contributed by atoms with Gasteiger partial charge in [0.05, 0.1) is 0 Å². The number of nitrogens with one attached hydrogen (secondary N) is 1. The van der Waals surface area contributed by atoms with Gasteiger partial charge in [-0.1, -0.05) is 42.0 Å². The molecule has 0 bridgehead atoms. The molecule has 0 aliphatic rings. The number of hydrogen-bond donors (Lipinski definition) is 1. The average Bonchev–Trinajstić information content (AvgIpc) is 2.68. The molecule has 0 unspecified atom stereocenters. The van der Waals surface area contributed by atoms with Gasteiger partial charge in [-0.25, -0.2) is 0 Å². The van der Waals surface area contributed by atoms with Crippen LogP contribution in [0, 0.1) is 13.8 Å². The molecule has 0 saturated heterocycles. The van der Waals surface area contributed by atoms with Crippen molar-refractivity contribution in [1.82, 2.24) is 4.98 Å². The van der Waals surface area contributed by atoms with E-state index in [2.05, 4.69) is 61.3 Å². The third kappa shape index (κ3) is 1.64. The zero-order chi connectivity index (χ0) is 11.8. The first kappa shape index (κ1) is 10.2. The van der Waals surface area contributed by atoms with Gasteiger partial charge >= 0.3 is 0 Å². The standard InChI is InChI=1S/C16H15N/c1-11-8-9-15-14(10-11)12(2)16(17-15)13-6-4-3-5-7-13/h3-10,17H,1-2H3. The van der Waals surface area contributed by atoms with Crippen molar-refractivity contribution in [2.24, 2.45) is 0 Å². The first-order chi connectivity index (χ1) is 8.25. The predicted molar refractivity (Wildman–Crippen MR) is 73.2 cm³/mol. The van der Waals surface area contributed by atoms with Gasteiger partial charge in [-0.05, 0) is 37.1 Å². The van der Waals surface area contributed by atoms with Gasteiger partial charge in [0, 0.05) is 16.6 Å². The Morgan fingerprint density at radius 2 is 1.65 bits per heavy atom. The minimum Gasteiger partial charge on any atom is -0.354 e. The number of benzene rings is 2. The Labute approximate surface area is 101 Å². The molecule has 3 rings (SSSR count). The number of H-pyrrole nitrogens is 1. The Balaban J connectivity index is 2.28. The maximum absolute atomic E-state index is 3.51. The van der Waals surface area contributed by atoms with Crippen LogP contribution in [0.5, 0.6) is 0 Å². The number of fused-ring (bicyclic) bond motifs is 1. The lowest BCUT2D eigenvalue weighted by molar-refractivity contribution is 1.41. The second-order valence-corrected chi connectivity index (χ2v) is 4.54. The van der Waals surface area contributed by atoms with E-state index in [4.69, 9.17) is 0 Å². The summed E-state index contributed by atoms with van der Waals surface area (Å²) in [6, 6.07) is 17.0. The zero-order valence-electron chi connectivity index (χ0n) is 10.1. The van der Waals surface area contributed by atoms with Gasteiger partial charge in [-0.15, -0.1) is 0 Å². The van der Waals surface area contributed by atoms with Crippen LogP contribution in [-0.4, -0.2) is 4.98 Å². The maximum Gasteiger partial charge on any atom is 0.0494 e. The first-order valence-corrected chi connectivity index (χ1v) is 5.90. The smallest absolute Gasteiger partial charge is 0.0494 e. The molecule has 1 heteroatoms. The summed E-state index contributed by atoms with van der Waals surface area (Å²) in [6.45, 7) is 4.31. The fraction of sp³-hybridized carbons (Fsp3) is 0.125. The van der Waals surface area contributed by atoms with E-state index in [0.29, 0.717) is 0 Å². The Kier molecular flexibility index (Phi) is 2.25. The molecule has 84 valence electrons. The molecule has 1 heterocycles. The molecule has 0 spiro atoms. The molecular weight excluding hydrogens is 206 g/mol. The molecule has 0 saturated carbocycles. The first-order valence-electron chi connectivity index (χ1n) is 5.90. The molecular formula is C16H15N. The van der Waals surface area contributed by atoms with Crippen molar-refractivity contribution < 1.29 is 0 Å². The second kappa shape index (κ2) is 3.77. The SMILES string of the molecule is Cc1ccc2[nH]c(-c3ccccc3)c(C)c2c1. The molecule has 17 heavy (non-hydrogen) atoms. The van der Waals surface area contributed by atoms with E-state index in [1.54, 1.807) is 0 Å². The second-order valence-electron chi connectivity index (χ2n) is 4.54. The van der Waals surface area contributed by atoms with Gasteiger partial charge in [0.2, 0.25) is 0 Å². The van der Waals surface area contributed by atoms with Crippen LogP contribution < -0.4 is 0 Å². The van der Waals surface area contributed by atoms with E-state index < -0.39 is 0 Å². The Morgan fingerprint density at radius 1 is 0.882 bits per heavy atom. The van der Waals surface area contributed by atoms with Gasteiger partial charge < -0.3 is 4.98 Å². The monoisotopic (exact) mass is 221 g/mol. The molecule has 0 amide bonds. The summed E-state index contributed by atoms with van der Waals surface area (Å²) in [5, 5.41) is 1.32. The van der Waals surface area contributed by atoms with E-state index in [1.807, 2.05) is 6.07 Å². The molecule has 1 nitrogen and oxygen atoms in total. The summed E-state index contributed by atoms with van der Waals surface area (Å²) in [4.78, 5) is 3.51. The largest absolute Gasteiger partial charge is 0.354 e. The summed E-state index contributed by atoms with van der Waals surface area (Å²) >= 11 is 0. The lowest BCUT2D eigenvalue weighted by Crippen LogP contribution is -1.78. The van der Waals surface area contributed by atoms with Crippen molar-refractivity contribution in [2.75, 3.05) is 0 Å². The van der Waals surface area contributed by atoms with Gasteiger partial charge in [0.15, 0.2) is 0 Å². The molecule has 2 aromatic carbocycles. The van der Waals surface area contributed by atoms with Crippen molar-refractivity contribution in [2.45, 2.75) is 13.8 Å². The third-order valence-electron chi connectivity index (χ3n) is 3.28. The van der Waals surface area contributed by atoms with Crippen molar-refractivity contribution in [3.63, 3.8) is 0 Å². The molecule has 0 aliphatic carbocycles. The summed E-state index contributed by atoms with van der Waals surface area (Å²) in [5.41, 5.74) is 6.33. The van der Waals surface area contributed by atoms with Gasteiger partial charge in [-0.3, -0.25) is 0 Å². The van der Waals surface area contributed by atoms with E-state index >= 15 is 0 Å². The molecule has 3 aromatic rings. The topological polar surface area (TPSA) is 15.8 Å². The molecule has 0 radical (unpaired) electrons. The van der Waals surface area contributed by atoms with Gasteiger partial charge in [0.25, 0.3) is 0 Å². The molecule has 1 aromatic heterocycles. The van der Waals surface area contributed by atoms with Crippen molar-refractivity contribution >= 4 is 10.9 Å². The zero-order valence-corrected chi connectivity index (χ0v) is 10.1. The number of aromatic nitrogens is 1. The molecule has 1 N–H and O–H groups in total. The van der Waals surface area contributed by atoms with Crippen LogP contribution in [0.2, 0.25) is 0 Å². The lowest BCUT2D eigenvalue weighted by atomic mass is 10.1. The van der Waals surface area contributed by atoms with Gasteiger partial charge in [0.1, 0.15) is 0 Å². The number of aromatic amines is 1. The summed E-state index contributed by atoms with van der Waals surface area (Å²) in [7, 11) is 0. The Morgan fingerprint density at radius 3 is 2.41 bits per heavy atom. The van der Waals surface area contributed by atoms with Crippen molar-refractivity contribution in [3.05, 3.63) is 59.7 Å². The molecule has 0 aliphatic heterocycles. The number of aryl methyl sites for hydroxylation is 2. The van der Waals surface area contributed by atoms with E-state index in [0.717, 1.165) is 0 Å². The van der Waals surface area contributed by atoms with Crippen LogP contribution in [0.4, 0.5) is 0 Å². The van der Waals surface area contributed by atoms with Crippen LogP contribution in [0.25, 0.3) is 22.2 Å². The highest BCUT2D eigenvalue weighted by Gasteiger charge is 2.08. The van der Waals surface area contributed by atoms with Gasteiger partial charge in [-0.2, -0.15) is 0 Å².